The average Bonchev–Trinajstić information content (AvgIpc) is 2.47. The van der Waals surface area contributed by atoms with Gasteiger partial charge in [0.05, 0.1) is 17.1 Å². The first kappa shape index (κ1) is 15.2. The van der Waals surface area contributed by atoms with E-state index in [-0.39, 0.29) is 5.69 Å². The molecule has 110 valence electrons. The maximum atomic E-state index is 11.0. The standard InChI is InChI=1S/C16H18N2O3/c1-11-7-8-13(10-14(11)18(20)21)16(17)15(19)9-12-5-3-2-4-6-12/h2-8,10,15-16,19H,9,17H2,1H3/t15-,16+/m1/s1. The van der Waals surface area contributed by atoms with Gasteiger partial charge in [-0.25, -0.2) is 0 Å². The van der Waals surface area contributed by atoms with Crippen molar-refractivity contribution in [2.45, 2.75) is 25.5 Å². The van der Waals surface area contributed by atoms with Gasteiger partial charge in [0.2, 0.25) is 0 Å². The number of aryl methyl sites for hydroxylation is 1. The van der Waals surface area contributed by atoms with Crippen LogP contribution in [0.15, 0.2) is 48.5 Å². The van der Waals surface area contributed by atoms with Crippen molar-refractivity contribution in [2.24, 2.45) is 5.73 Å². The summed E-state index contributed by atoms with van der Waals surface area (Å²) in [5, 5.41) is 21.2. The molecule has 0 bridgehead atoms. The molecule has 0 spiro atoms. The van der Waals surface area contributed by atoms with Crippen LogP contribution in [-0.2, 0) is 6.42 Å². The van der Waals surface area contributed by atoms with Crippen molar-refractivity contribution in [3.05, 3.63) is 75.3 Å². The van der Waals surface area contributed by atoms with E-state index in [0.29, 0.717) is 17.5 Å². The van der Waals surface area contributed by atoms with Crippen LogP contribution >= 0.6 is 0 Å². The minimum absolute atomic E-state index is 0.0230. The molecule has 2 aromatic carbocycles. The molecule has 21 heavy (non-hydrogen) atoms. The van der Waals surface area contributed by atoms with Gasteiger partial charge in [-0.2, -0.15) is 0 Å². The van der Waals surface area contributed by atoms with Crippen LogP contribution in [0.3, 0.4) is 0 Å². The molecule has 0 aliphatic carbocycles. The van der Waals surface area contributed by atoms with Crippen LogP contribution in [0.1, 0.15) is 22.7 Å². The molecule has 0 aromatic heterocycles. The molecule has 0 aliphatic heterocycles. The van der Waals surface area contributed by atoms with Crippen molar-refractivity contribution in [1.29, 1.82) is 0 Å². The summed E-state index contributed by atoms with van der Waals surface area (Å²) in [5.41, 5.74) is 8.17. The van der Waals surface area contributed by atoms with Crippen LogP contribution in [0, 0.1) is 17.0 Å². The third kappa shape index (κ3) is 3.65. The van der Waals surface area contributed by atoms with Crippen LogP contribution in [0.25, 0.3) is 0 Å². The van der Waals surface area contributed by atoms with Gasteiger partial charge in [-0.3, -0.25) is 10.1 Å². The number of benzene rings is 2. The number of hydrogen-bond donors (Lipinski definition) is 2. The molecular formula is C16H18N2O3. The Morgan fingerprint density at radius 1 is 1.24 bits per heavy atom. The predicted octanol–water partition coefficient (Wildman–Crippen LogP) is 2.51. The molecule has 0 aliphatic rings. The van der Waals surface area contributed by atoms with E-state index in [4.69, 9.17) is 5.73 Å². The molecule has 0 amide bonds. The predicted molar refractivity (Wildman–Crippen MR) is 80.9 cm³/mol. The van der Waals surface area contributed by atoms with Crippen molar-refractivity contribution in [2.75, 3.05) is 0 Å². The second kappa shape index (κ2) is 6.47. The van der Waals surface area contributed by atoms with Crippen LogP contribution in [0.4, 0.5) is 5.69 Å². The minimum atomic E-state index is -0.797. The normalized spacial score (nSPS) is 13.7. The SMILES string of the molecule is Cc1ccc([C@H](N)[C@H](O)Cc2ccccc2)cc1[N+](=O)[O-]. The highest BCUT2D eigenvalue weighted by Crippen LogP contribution is 2.24. The summed E-state index contributed by atoms with van der Waals surface area (Å²) in [6, 6.07) is 13.7. The fourth-order valence-corrected chi connectivity index (χ4v) is 2.24. The Hall–Kier alpha value is -2.24. The molecule has 0 unspecified atom stereocenters. The average molecular weight is 286 g/mol. The maximum Gasteiger partial charge on any atom is 0.272 e. The van der Waals surface area contributed by atoms with Crippen molar-refractivity contribution in [1.82, 2.24) is 0 Å². The zero-order chi connectivity index (χ0) is 15.4. The third-order valence-corrected chi connectivity index (χ3v) is 3.52. The highest BCUT2D eigenvalue weighted by Gasteiger charge is 2.20. The first-order valence-corrected chi connectivity index (χ1v) is 6.71. The Balaban J connectivity index is 2.17. The molecule has 0 heterocycles. The number of hydrogen-bond acceptors (Lipinski definition) is 4. The van der Waals surface area contributed by atoms with Gasteiger partial charge in [0.1, 0.15) is 0 Å². The Morgan fingerprint density at radius 3 is 2.52 bits per heavy atom. The molecule has 2 rings (SSSR count). The number of rotatable bonds is 5. The number of nitrogens with two attached hydrogens (primary N) is 1. The molecule has 2 aromatic rings. The fraction of sp³-hybridized carbons (Fsp3) is 0.250. The minimum Gasteiger partial charge on any atom is -0.391 e. The van der Waals surface area contributed by atoms with E-state index >= 15 is 0 Å². The molecule has 0 fully saturated rings. The summed E-state index contributed by atoms with van der Waals surface area (Å²) in [7, 11) is 0. The monoisotopic (exact) mass is 286 g/mol. The molecule has 0 radical (unpaired) electrons. The summed E-state index contributed by atoms with van der Waals surface area (Å²) in [6.45, 7) is 1.67. The summed E-state index contributed by atoms with van der Waals surface area (Å²) >= 11 is 0. The lowest BCUT2D eigenvalue weighted by Gasteiger charge is -2.19. The number of nitro benzene ring substituents is 1. The quantitative estimate of drug-likeness (QED) is 0.652. The van der Waals surface area contributed by atoms with Gasteiger partial charge < -0.3 is 10.8 Å². The Kier molecular flexibility index (Phi) is 4.67. The lowest BCUT2D eigenvalue weighted by Crippen LogP contribution is -2.28. The Morgan fingerprint density at radius 2 is 1.90 bits per heavy atom. The van der Waals surface area contributed by atoms with E-state index in [1.54, 1.807) is 19.1 Å². The molecule has 2 atom stereocenters. The number of aliphatic hydroxyl groups excluding tert-OH is 1. The maximum absolute atomic E-state index is 11.0. The van der Waals surface area contributed by atoms with Gasteiger partial charge in [0.15, 0.2) is 0 Å². The number of nitro groups is 1. The number of nitrogens with zero attached hydrogens (tertiary/aromatic N) is 1. The third-order valence-electron chi connectivity index (χ3n) is 3.52. The fourth-order valence-electron chi connectivity index (χ4n) is 2.24. The summed E-state index contributed by atoms with van der Waals surface area (Å²) in [6.07, 6.45) is -0.390. The van der Waals surface area contributed by atoms with E-state index in [1.807, 2.05) is 30.3 Å². The molecule has 0 saturated carbocycles. The topological polar surface area (TPSA) is 89.4 Å². The van der Waals surface area contributed by atoms with E-state index in [9.17, 15) is 15.2 Å². The highest BCUT2D eigenvalue weighted by molar-refractivity contribution is 5.43. The summed E-state index contributed by atoms with van der Waals surface area (Å²) in [5.74, 6) is 0. The summed E-state index contributed by atoms with van der Waals surface area (Å²) < 4.78 is 0. The number of aliphatic hydroxyl groups is 1. The molecular weight excluding hydrogens is 268 g/mol. The zero-order valence-corrected chi connectivity index (χ0v) is 11.8. The Bertz CT molecular complexity index is 629. The lowest BCUT2D eigenvalue weighted by atomic mass is 9.95. The molecule has 0 saturated heterocycles. The van der Waals surface area contributed by atoms with Crippen LogP contribution < -0.4 is 5.73 Å². The van der Waals surface area contributed by atoms with E-state index < -0.39 is 17.1 Å². The van der Waals surface area contributed by atoms with E-state index in [1.165, 1.54) is 6.07 Å². The Labute approximate surface area is 123 Å². The van der Waals surface area contributed by atoms with E-state index in [2.05, 4.69) is 0 Å². The molecule has 3 N–H and O–H groups in total. The van der Waals surface area contributed by atoms with Crippen molar-refractivity contribution in [3.8, 4) is 0 Å². The van der Waals surface area contributed by atoms with Crippen LogP contribution in [0.5, 0.6) is 0 Å². The second-order valence-corrected chi connectivity index (χ2v) is 5.09. The van der Waals surface area contributed by atoms with E-state index in [0.717, 1.165) is 5.56 Å². The van der Waals surface area contributed by atoms with Crippen LogP contribution in [-0.4, -0.2) is 16.1 Å². The molecule has 5 nitrogen and oxygen atoms in total. The van der Waals surface area contributed by atoms with Crippen molar-refractivity contribution in [3.63, 3.8) is 0 Å². The van der Waals surface area contributed by atoms with Gasteiger partial charge >= 0.3 is 0 Å². The smallest absolute Gasteiger partial charge is 0.272 e. The van der Waals surface area contributed by atoms with Crippen LogP contribution in [0.2, 0.25) is 0 Å². The second-order valence-electron chi connectivity index (χ2n) is 5.09. The molecule has 5 heteroatoms. The van der Waals surface area contributed by atoms with Crippen molar-refractivity contribution >= 4 is 5.69 Å². The largest absolute Gasteiger partial charge is 0.391 e. The van der Waals surface area contributed by atoms with Gasteiger partial charge in [-0.15, -0.1) is 0 Å². The highest BCUT2D eigenvalue weighted by atomic mass is 16.6. The van der Waals surface area contributed by atoms with Gasteiger partial charge in [0, 0.05) is 18.1 Å². The zero-order valence-electron chi connectivity index (χ0n) is 11.8. The summed E-state index contributed by atoms with van der Waals surface area (Å²) in [4.78, 5) is 10.5. The first-order valence-electron chi connectivity index (χ1n) is 6.71. The lowest BCUT2D eigenvalue weighted by molar-refractivity contribution is -0.385. The van der Waals surface area contributed by atoms with Gasteiger partial charge in [0.25, 0.3) is 5.69 Å². The van der Waals surface area contributed by atoms with Crippen molar-refractivity contribution < 1.29 is 10.0 Å². The van der Waals surface area contributed by atoms with Gasteiger partial charge in [-0.1, -0.05) is 42.5 Å². The van der Waals surface area contributed by atoms with Gasteiger partial charge in [-0.05, 0) is 18.1 Å². The first-order chi connectivity index (χ1) is 9.99.